The molecule has 0 aliphatic carbocycles. The van der Waals surface area contributed by atoms with Crippen LogP contribution in [0.2, 0.25) is 0 Å². The highest BCUT2D eigenvalue weighted by Crippen LogP contribution is 2.10. The molecule has 2 aliphatic rings. The highest BCUT2D eigenvalue weighted by atomic mass is 16.5. The molecular formula is C7H8N3O. The zero-order chi connectivity index (χ0) is 7.52. The second kappa shape index (κ2) is 2.74. The Labute approximate surface area is 64.7 Å². The van der Waals surface area contributed by atoms with Gasteiger partial charge in [-0.25, -0.2) is 0 Å². The van der Waals surface area contributed by atoms with Crippen molar-refractivity contribution in [3.8, 4) is 0 Å². The standard InChI is InChI=1S/C7H8N3O/c1-2-9-6(5-8-1)7-10-3-4-11-7/h1-7,10H. The van der Waals surface area contributed by atoms with E-state index < -0.39 is 0 Å². The van der Waals surface area contributed by atoms with Crippen molar-refractivity contribution in [1.82, 2.24) is 5.32 Å². The molecule has 2 heterocycles. The first-order valence-electron chi connectivity index (χ1n) is 3.41. The first-order chi connectivity index (χ1) is 5.47. The Hall–Kier alpha value is -1.32. The summed E-state index contributed by atoms with van der Waals surface area (Å²) >= 11 is 0. The summed E-state index contributed by atoms with van der Waals surface area (Å²) < 4.78 is 5.18. The maximum Gasteiger partial charge on any atom is 0.193 e. The van der Waals surface area contributed by atoms with Gasteiger partial charge in [0.2, 0.25) is 0 Å². The third-order valence-electron chi connectivity index (χ3n) is 1.51. The molecule has 1 N–H and O–H groups in total. The van der Waals surface area contributed by atoms with Crippen LogP contribution in [-0.4, -0.2) is 24.7 Å². The summed E-state index contributed by atoms with van der Waals surface area (Å²) in [4.78, 5) is 8.11. The van der Waals surface area contributed by atoms with Crippen LogP contribution in [0.4, 0.5) is 0 Å². The van der Waals surface area contributed by atoms with Gasteiger partial charge in [-0.2, -0.15) is 0 Å². The van der Waals surface area contributed by atoms with Crippen LogP contribution in [0.1, 0.15) is 0 Å². The summed E-state index contributed by atoms with van der Waals surface area (Å²) in [5.74, 6) is 0. The van der Waals surface area contributed by atoms with Crippen molar-refractivity contribution in [1.29, 1.82) is 0 Å². The van der Waals surface area contributed by atoms with E-state index in [2.05, 4.69) is 15.3 Å². The molecule has 0 fully saturated rings. The monoisotopic (exact) mass is 150 g/mol. The van der Waals surface area contributed by atoms with E-state index in [1.165, 1.54) is 0 Å². The van der Waals surface area contributed by atoms with Gasteiger partial charge in [-0.1, -0.05) is 0 Å². The Morgan fingerprint density at radius 3 is 3.00 bits per heavy atom. The SMILES string of the molecule is [CH]1N=CC=NC1C1NC=CO1. The molecule has 0 bridgehead atoms. The Kier molecular flexibility index (Phi) is 1.59. The molecule has 2 rings (SSSR count). The fourth-order valence-corrected chi connectivity index (χ4v) is 0.985. The van der Waals surface area contributed by atoms with Crippen LogP contribution in [0, 0.1) is 6.54 Å². The number of nitrogens with one attached hydrogen (secondary N) is 1. The predicted molar refractivity (Wildman–Crippen MR) is 42.2 cm³/mol. The van der Waals surface area contributed by atoms with Gasteiger partial charge in [0.05, 0.1) is 0 Å². The molecule has 0 amide bonds. The normalized spacial score (nSPS) is 33.5. The Morgan fingerprint density at radius 2 is 2.36 bits per heavy atom. The molecule has 2 unspecified atom stereocenters. The van der Waals surface area contributed by atoms with Crippen molar-refractivity contribution < 1.29 is 4.74 Å². The molecule has 57 valence electrons. The van der Waals surface area contributed by atoms with E-state index in [4.69, 9.17) is 4.74 Å². The van der Waals surface area contributed by atoms with Gasteiger partial charge in [0.15, 0.2) is 6.23 Å². The molecule has 4 heteroatoms. The minimum atomic E-state index is -0.0799. The summed E-state index contributed by atoms with van der Waals surface area (Å²) in [7, 11) is 0. The Morgan fingerprint density at radius 1 is 1.36 bits per heavy atom. The molecule has 2 atom stereocenters. The van der Waals surface area contributed by atoms with Crippen molar-refractivity contribution >= 4 is 12.4 Å². The lowest BCUT2D eigenvalue weighted by Gasteiger charge is -2.18. The van der Waals surface area contributed by atoms with E-state index >= 15 is 0 Å². The van der Waals surface area contributed by atoms with E-state index in [1.54, 1.807) is 31.4 Å². The maximum atomic E-state index is 5.18. The van der Waals surface area contributed by atoms with Crippen molar-refractivity contribution in [2.75, 3.05) is 0 Å². The number of ether oxygens (including phenoxy) is 1. The zero-order valence-electron chi connectivity index (χ0n) is 5.84. The molecule has 0 aromatic heterocycles. The molecule has 0 spiro atoms. The highest BCUT2D eigenvalue weighted by Gasteiger charge is 2.23. The van der Waals surface area contributed by atoms with Gasteiger partial charge in [-0.15, -0.1) is 0 Å². The highest BCUT2D eigenvalue weighted by molar-refractivity contribution is 6.16. The van der Waals surface area contributed by atoms with Crippen LogP contribution in [-0.2, 0) is 4.74 Å². The quantitative estimate of drug-likeness (QED) is 0.575. The second-order valence-electron chi connectivity index (χ2n) is 2.26. The van der Waals surface area contributed by atoms with E-state index in [0.29, 0.717) is 0 Å². The van der Waals surface area contributed by atoms with Gasteiger partial charge in [-0.3, -0.25) is 9.98 Å². The second-order valence-corrected chi connectivity index (χ2v) is 2.26. The van der Waals surface area contributed by atoms with Gasteiger partial charge < -0.3 is 10.1 Å². The molecular weight excluding hydrogens is 142 g/mol. The molecule has 0 aromatic carbocycles. The lowest BCUT2D eigenvalue weighted by molar-refractivity contribution is 0.135. The lowest BCUT2D eigenvalue weighted by atomic mass is 10.2. The van der Waals surface area contributed by atoms with Crippen LogP contribution in [0.5, 0.6) is 0 Å². The lowest BCUT2D eigenvalue weighted by Crippen LogP contribution is -2.35. The molecule has 2 aliphatic heterocycles. The summed E-state index contributed by atoms with van der Waals surface area (Å²) in [6, 6.07) is -0.00463. The van der Waals surface area contributed by atoms with E-state index in [0.717, 1.165) is 0 Å². The van der Waals surface area contributed by atoms with Crippen LogP contribution in [0.25, 0.3) is 0 Å². The average Bonchev–Trinajstić information content (AvgIpc) is 2.58. The minimum absolute atomic E-state index is 0.00463. The average molecular weight is 150 g/mol. The number of hydrogen-bond acceptors (Lipinski definition) is 4. The van der Waals surface area contributed by atoms with E-state index in [-0.39, 0.29) is 12.3 Å². The van der Waals surface area contributed by atoms with Gasteiger partial charge in [0, 0.05) is 18.6 Å². The van der Waals surface area contributed by atoms with Crippen LogP contribution in [0.15, 0.2) is 22.4 Å². The Balaban J connectivity index is 1.95. The van der Waals surface area contributed by atoms with Crippen molar-refractivity contribution in [3.63, 3.8) is 0 Å². The Bertz CT molecular complexity index is 214. The number of nitrogens with zero attached hydrogens (tertiary/aromatic N) is 2. The fourth-order valence-electron chi connectivity index (χ4n) is 0.985. The predicted octanol–water partition coefficient (Wildman–Crippen LogP) is 0.0891. The molecule has 11 heavy (non-hydrogen) atoms. The fraction of sp³-hybridized carbons (Fsp3) is 0.286. The number of aliphatic imine (C=N–C) groups is 2. The molecule has 0 saturated heterocycles. The van der Waals surface area contributed by atoms with E-state index in [9.17, 15) is 0 Å². The first kappa shape index (κ1) is 6.39. The summed E-state index contributed by atoms with van der Waals surface area (Å²) in [5.41, 5.74) is 0. The van der Waals surface area contributed by atoms with Crippen molar-refractivity contribution in [3.05, 3.63) is 19.0 Å². The molecule has 1 radical (unpaired) electrons. The van der Waals surface area contributed by atoms with Gasteiger partial charge in [-0.05, 0) is 0 Å². The first-order valence-corrected chi connectivity index (χ1v) is 3.41. The summed E-state index contributed by atoms with van der Waals surface area (Å²) in [6.07, 6.45) is 6.62. The van der Waals surface area contributed by atoms with Gasteiger partial charge in [0.25, 0.3) is 0 Å². The maximum absolute atomic E-state index is 5.18. The summed E-state index contributed by atoms with van der Waals surface area (Å²) in [6.45, 7) is 1.75. The smallest absolute Gasteiger partial charge is 0.193 e. The molecule has 0 aromatic rings. The molecule has 0 saturated carbocycles. The van der Waals surface area contributed by atoms with Crippen LogP contribution >= 0.6 is 0 Å². The number of hydrogen-bond donors (Lipinski definition) is 1. The largest absolute Gasteiger partial charge is 0.474 e. The minimum Gasteiger partial charge on any atom is -0.474 e. The van der Waals surface area contributed by atoms with E-state index in [1.807, 2.05) is 0 Å². The van der Waals surface area contributed by atoms with Gasteiger partial charge >= 0.3 is 0 Å². The zero-order valence-corrected chi connectivity index (χ0v) is 5.84. The third kappa shape index (κ3) is 1.24. The molecule has 4 nitrogen and oxygen atoms in total. The van der Waals surface area contributed by atoms with Crippen molar-refractivity contribution in [2.45, 2.75) is 12.3 Å². The summed E-state index contributed by atoms with van der Waals surface area (Å²) in [5, 5.41) is 3.00. The van der Waals surface area contributed by atoms with Gasteiger partial charge in [0.1, 0.15) is 18.8 Å². The van der Waals surface area contributed by atoms with Crippen LogP contribution in [0.3, 0.4) is 0 Å². The topological polar surface area (TPSA) is 46.0 Å². The van der Waals surface area contributed by atoms with Crippen LogP contribution < -0.4 is 5.32 Å². The van der Waals surface area contributed by atoms with Crippen molar-refractivity contribution in [2.24, 2.45) is 9.98 Å². The third-order valence-corrected chi connectivity index (χ3v) is 1.51. The number of rotatable bonds is 1.